The zero-order valence-corrected chi connectivity index (χ0v) is 13.1. The van der Waals surface area contributed by atoms with Gasteiger partial charge in [0.25, 0.3) is 0 Å². The maximum atomic E-state index is 5.84. The molecule has 0 amide bonds. The molecule has 0 atom stereocenters. The molecule has 7 heteroatoms. The Labute approximate surface area is 135 Å². The molecule has 118 valence electrons. The molecule has 0 bridgehead atoms. The van der Waals surface area contributed by atoms with E-state index in [4.69, 9.17) is 20.9 Å². The monoisotopic (exact) mass is 322 g/mol. The highest BCUT2D eigenvalue weighted by atomic mass is 35.5. The molecule has 1 aromatic carbocycles. The smallest absolute Gasteiger partial charge is 0.221 e. The van der Waals surface area contributed by atoms with Gasteiger partial charge in [0.15, 0.2) is 11.5 Å². The van der Waals surface area contributed by atoms with Gasteiger partial charge in [-0.15, -0.1) is 12.4 Å². The summed E-state index contributed by atoms with van der Waals surface area (Å²) in [6.07, 6.45) is 3.90. The van der Waals surface area contributed by atoms with Gasteiger partial charge in [0, 0.05) is 18.2 Å². The largest absolute Gasteiger partial charge is 0.493 e. The van der Waals surface area contributed by atoms with E-state index in [2.05, 4.69) is 16.5 Å². The van der Waals surface area contributed by atoms with Gasteiger partial charge in [-0.05, 0) is 17.7 Å². The minimum absolute atomic E-state index is 0. The molecular weight excluding hydrogens is 304 g/mol. The summed E-state index contributed by atoms with van der Waals surface area (Å²) in [6.45, 7) is 4.04. The third-order valence-corrected chi connectivity index (χ3v) is 2.90. The highest BCUT2D eigenvalue weighted by molar-refractivity contribution is 5.85. The molecule has 1 aromatic heterocycles. The Morgan fingerprint density at radius 2 is 2.05 bits per heavy atom. The topological polar surface area (TPSA) is 96.3 Å². The van der Waals surface area contributed by atoms with Crippen LogP contribution in [0, 0.1) is 0 Å². The predicted molar refractivity (Wildman–Crippen MR) is 89.6 cm³/mol. The van der Waals surface area contributed by atoms with Crippen molar-refractivity contribution in [1.82, 2.24) is 9.97 Å². The van der Waals surface area contributed by atoms with Crippen molar-refractivity contribution in [2.45, 2.75) is 6.42 Å². The van der Waals surface area contributed by atoms with Crippen molar-refractivity contribution in [3.8, 4) is 11.5 Å². The van der Waals surface area contributed by atoms with Crippen molar-refractivity contribution in [1.29, 1.82) is 0 Å². The second kappa shape index (κ2) is 8.09. The van der Waals surface area contributed by atoms with Gasteiger partial charge < -0.3 is 20.9 Å². The first-order valence-corrected chi connectivity index (χ1v) is 6.41. The van der Waals surface area contributed by atoms with Crippen LogP contribution in [-0.4, -0.2) is 23.7 Å². The summed E-state index contributed by atoms with van der Waals surface area (Å²) < 4.78 is 10.8. The number of nitrogens with zero attached hydrogens (tertiary/aromatic N) is 2. The molecule has 4 N–H and O–H groups in total. The molecule has 0 saturated heterocycles. The third-order valence-electron chi connectivity index (χ3n) is 2.90. The van der Waals surface area contributed by atoms with Crippen LogP contribution in [0.5, 0.6) is 11.5 Å². The summed E-state index contributed by atoms with van der Waals surface area (Å²) in [5.74, 6) is 1.88. The zero-order valence-electron chi connectivity index (χ0n) is 12.3. The summed E-state index contributed by atoms with van der Waals surface area (Å²) in [5.41, 5.74) is 13.1. The van der Waals surface area contributed by atoms with Gasteiger partial charge in [-0.1, -0.05) is 18.7 Å². The van der Waals surface area contributed by atoms with E-state index in [9.17, 15) is 0 Å². The number of benzene rings is 1. The highest BCUT2D eigenvalue weighted by Gasteiger charge is 2.08. The van der Waals surface area contributed by atoms with Crippen molar-refractivity contribution in [2.75, 3.05) is 25.2 Å². The van der Waals surface area contributed by atoms with Crippen LogP contribution in [0.1, 0.15) is 11.1 Å². The molecule has 1 heterocycles. The van der Waals surface area contributed by atoms with E-state index in [0.717, 1.165) is 11.1 Å². The van der Waals surface area contributed by atoms with Crippen LogP contribution in [0.15, 0.2) is 37.1 Å². The van der Waals surface area contributed by atoms with Gasteiger partial charge in [-0.2, -0.15) is 4.98 Å². The predicted octanol–water partition coefficient (Wildman–Crippen LogP) is 2.23. The maximum absolute atomic E-state index is 5.84. The Bertz CT molecular complexity index is 649. The number of ether oxygens (including phenoxy) is 2. The fourth-order valence-corrected chi connectivity index (χ4v) is 1.88. The molecule has 2 rings (SSSR count). The number of hydrogen-bond acceptors (Lipinski definition) is 6. The van der Waals surface area contributed by atoms with Gasteiger partial charge >= 0.3 is 0 Å². The van der Waals surface area contributed by atoms with E-state index in [-0.39, 0.29) is 18.4 Å². The van der Waals surface area contributed by atoms with Crippen molar-refractivity contribution in [3.63, 3.8) is 0 Å². The first-order chi connectivity index (χ1) is 10.1. The second-order valence-corrected chi connectivity index (χ2v) is 4.40. The summed E-state index contributed by atoms with van der Waals surface area (Å²) in [4.78, 5) is 7.90. The molecule has 0 radical (unpaired) electrons. The average molecular weight is 323 g/mol. The molecule has 0 aliphatic heterocycles. The molecule has 0 aliphatic carbocycles. The first kappa shape index (κ1) is 17.6. The molecule has 0 aliphatic rings. The number of methoxy groups -OCH3 is 1. The Morgan fingerprint density at radius 3 is 2.68 bits per heavy atom. The van der Waals surface area contributed by atoms with Crippen LogP contribution >= 0.6 is 12.4 Å². The van der Waals surface area contributed by atoms with Gasteiger partial charge in [-0.3, -0.25) is 0 Å². The van der Waals surface area contributed by atoms with Crippen LogP contribution in [0.4, 0.5) is 11.8 Å². The van der Waals surface area contributed by atoms with E-state index in [1.807, 2.05) is 18.2 Å². The van der Waals surface area contributed by atoms with Gasteiger partial charge in [0.1, 0.15) is 12.4 Å². The number of halogens is 1. The van der Waals surface area contributed by atoms with E-state index in [1.54, 1.807) is 19.4 Å². The van der Waals surface area contributed by atoms with Crippen LogP contribution in [0.25, 0.3) is 0 Å². The van der Waals surface area contributed by atoms with Crippen molar-refractivity contribution in [2.24, 2.45) is 0 Å². The SMILES string of the molecule is C=CCOc1ccc(Cc2cnc(N)nc2N)cc1OC.Cl. The Balaban J connectivity index is 0.00000242. The lowest BCUT2D eigenvalue weighted by atomic mass is 10.1. The molecule has 6 nitrogen and oxygen atoms in total. The van der Waals surface area contributed by atoms with Crippen LogP contribution in [0.3, 0.4) is 0 Å². The third kappa shape index (κ3) is 4.26. The maximum Gasteiger partial charge on any atom is 0.221 e. The number of anilines is 2. The normalized spacial score (nSPS) is 9.68. The first-order valence-electron chi connectivity index (χ1n) is 6.41. The minimum Gasteiger partial charge on any atom is -0.493 e. The van der Waals surface area contributed by atoms with Crippen LogP contribution < -0.4 is 20.9 Å². The number of nitrogen functional groups attached to an aromatic ring is 2. The summed E-state index contributed by atoms with van der Waals surface area (Å²) in [7, 11) is 1.60. The lowest BCUT2D eigenvalue weighted by molar-refractivity contribution is 0.326. The van der Waals surface area contributed by atoms with Crippen LogP contribution in [0.2, 0.25) is 0 Å². The summed E-state index contributed by atoms with van der Waals surface area (Å²) in [6, 6.07) is 5.69. The highest BCUT2D eigenvalue weighted by Crippen LogP contribution is 2.29. The van der Waals surface area contributed by atoms with Crippen molar-refractivity contribution < 1.29 is 9.47 Å². The van der Waals surface area contributed by atoms with Crippen molar-refractivity contribution in [3.05, 3.63) is 48.2 Å². The zero-order chi connectivity index (χ0) is 15.2. The Morgan fingerprint density at radius 1 is 1.27 bits per heavy atom. The molecule has 22 heavy (non-hydrogen) atoms. The van der Waals surface area contributed by atoms with Gasteiger partial charge in [0.05, 0.1) is 7.11 Å². The minimum atomic E-state index is 0. The van der Waals surface area contributed by atoms with Crippen molar-refractivity contribution >= 4 is 24.2 Å². The molecule has 0 fully saturated rings. The number of nitrogens with two attached hydrogens (primary N) is 2. The average Bonchev–Trinajstić information content (AvgIpc) is 2.48. The standard InChI is InChI=1S/C15H18N4O2.ClH/c1-3-6-21-12-5-4-10(8-13(12)20-2)7-11-9-18-15(17)19-14(11)16;/h3-5,8-9H,1,6-7H2,2H3,(H4,16,17,18,19);1H. The second-order valence-electron chi connectivity index (χ2n) is 4.40. The fraction of sp³-hybridized carbons (Fsp3) is 0.200. The van der Waals surface area contributed by atoms with E-state index >= 15 is 0 Å². The number of rotatable bonds is 6. The molecular formula is C15H19ClN4O2. The Kier molecular flexibility index (Phi) is 6.47. The van der Waals surface area contributed by atoms with Gasteiger partial charge in [0.2, 0.25) is 5.95 Å². The number of hydrogen-bond donors (Lipinski definition) is 2. The van der Waals surface area contributed by atoms with Gasteiger partial charge in [-0.25, -0.2) is 4.98 Å². The lowest BCUT2D eigenvalue weighted by Crippen LogP contribution is -2.04. The Hall–Kier alpha value is -2.47. The van der Waals surface area contributed by atoms with E-state index < -0.39 is 0 Å². The molecule has 0 spiro atoms. The quantitative estimate of drug-likeness (QED) is 0.792. The summed E-state index contributed by atoms with van der Waals surface area (Å²) >= 11 is 0. The number of aromatic nitrogens is 2. The van der Waals surface area contributed by atoms with E-state index in [1.165, 1.54) is 0 Å². The fourth-order valence-electron chi connectivity index (χ4n) is 1.88. The van der Waals surface area contributed by atoms with E-state index in [0.29, 0.717) is 30.3 Å². The molecule has 0 unspecified atom stereocenters. The molecule has 2 aromatic rings. The van der Waals surface area contributed by atoms with Crippen LogP contribution in [-0.2, 0) is 6.42 Å². The molecule has 0 saturated carbocycles. The lowest BCUT2D eigenvalue weighted by Gasteiger charge is -2.11. The summed E-state index contributed by atoms with van der Waals surface area (Å²) in [5, 5.41) is 0.